The summed E-state index contributed by atoms with van der Waals surface area (Å²) in [5, 5.41) is 12.0. The first-order chi connectivity index (χ1) is 9.06. The van der Waals surface area contributed by atoms with Crippen molar-refractivity contribution in [2.45, 2.75) is 46.1 Å². The van der Waals surface area contributed by atoms with Gasteiger partial charge in [-0.05, 0) is 29.9 Å². The van der Waals surface area contributed by atoms with E-state index in [4.69, 9.17) is 0 Å². The van der Waals surface area contributed by atoms with Crippen LogP contribution in [0.1, 0.15) is 38.3 Å². The average molecular weight is 263 g/mol. The van der Waals surface area contributed by atoms with Gasteiger partial charge in [0.15, 0.2) is 0 Å². The Balaban J connectivity index is 2.40. The van der Waals surface area contributed by atoms with Gasteiger partial charge in [0.2, 0.25) is 5.91 Å². The van der Waals surface area contributed by atoms with Gasteiger partial charge in [0.25, 0.3) is 0 Å². The van der Waals surface area contributed by atoms with E-state index in [9.17, 15) is 9.90 Å². The highest BCUT2D eigenvalue weighted by Gasteiger charge is 2.14. The molecule has 19 heavy (non-hydrogen) atoms. The Morgan fingerprint density at radius 3 is 2.26 bits per heavy atom. The number of nitrogens with one attached hydrogen (secondary N) is 1. The molecule has 0 aliphatic heterocycles. The summed E-state index contributed by atoms with van der Waals surface area (Å²) in [5.41, 5.74) is 2.49. The van der Waals surface area contributed by atoms with Crippen LogP contribution in [0.15, 0.2) is 24.3 Å². The van der Waals surface area contributed by atoms with Gasteiger partial charge in [-0.1, -0.05) is 45.0 Å². The first-order valence-corrected chi connectivity index (χ1v) is 7.04. The van der Waals surface area contributed by atoms with Crippen molar-refractivity contribution in [3.8, 4) is 0 Å². The highest BCUT2D eigenvalue weighted by atomic mass is 16.3. The number of hydrogen-bond donors (Lipinski definition) is 2. The lowest BCUT2D eigenvalue weighted by Gasteiger charge is -2.19. The van der Waals surface area contributed by atoms with Gasteiger partial charge in [-0.2, -0.15) is 0 Å². The fraction of sp³-hybridized carbons (Fsp3) is 0.562. The van der Waals surface area contributed by atoms with Gasteiger partial charge < -0.3 is 10.4 Å². The van der Waals surface area contributed by atoms with Crippen LogP contribution in [0.5, 0.6) is 0 Å². The maximum absolute atomic E-state index is 11.8. The molecule has 0 fully saturated rings. The second-order valence-electron chi connectivity index (χ2n) is 5.27. The van der Waals surface area contributed by atoms with Gasteiger partial charge in [-0.3, -0.25) is 4.79 Å². The number of amides is 1. The molecule has 0 bridgehead atoms. The van der Waals surface area contributed by atoms with E-state index in [2.05, 4.69) is 36.5 Å². The number of aliphatic hydroxyl groups excluding tert-OH is 1. The molecule has 0 spiro atoms. The monoisotopic (exact) mass is 263 g/mol. The van der Waals surface area contributed by atoms with Crippen LogP contribution in [0.3, 0.4) is 0 Å². The van der Waals surface area contributed by atoms with E-state index >= 15 is 0 Å². The van der Waals surface area contributed by atoms with Crippen LogP contribution < -0.4 is 5.32 Å². The molecule has 0 aliphatic rings. The van der Waals surface area contributed by atoms with Crippen LogP contribution in [0.4, 0.5) is 0 Å². The van der Waals surface area contributed by atoms with E-state index in [1.54, 1.807) is 0 Å². The van der Waals surface area contributed by atoms with Crippen LogP contribution in [-0.2, 0) is 17.6 Å². The Labute approximate surface area is 116 Å². The maximum atomic E-state index is 11.8. The van der Waals surface area contributed by atoms with Crippen LogP contribution >= 0.6 is 0 Å². The number of hydrogen-bond acceptors (Lipinski definition) is 2. The highest BCUT2D eigenvalue weighted by molar-refractivity contribution is 5.76. The van der Waals surface area contributed by atoms with E-state index in [1.165, 1.54) is 11.1 Å². The zero-order valence-corrected chi connectivity index (χ0v) is 12.1. The molecule has 0 heterocycles. The van der Waals surface area contributed by atoms with E-state index in [1.807, 2.05) is 13.8 Å². The fourth-order valence-corrected chi connectivity index (χ4v) is 1.90. The number of carbonyl (C=O) groups is 1. The van der Waals surface area contributed by atoms with Crippen molar-refractivity contribution in [2.24, 2.45) is 5.92 Å². The molecule has 3 nitrogen and oxygen atoms in total. The molecular formula is C16H25NO2. The Morgan fingerprint density at radius 2 is 1.79 bits per heavy atom. The molecular weight excluding hydrogens is 238 g/mol. The molecule has 1 amide bonds. The third-order valence-electron chi connectivity index (χ3n) is 3.42. The van der Waals surface area contributed by atoms with Crippen molar-refractivity contribution in [3.63, 3.8) is 0 Å². The molecule has 106 valence electrons. The minimum Gasteiger partial charge on any atom is -0.394 e. The van der Waals surface area contributed by atoms with Crippen molar-refractivity contribution >= 4 is 5.91 Å². The van der Waals surface area contributed by atoms with Crippen molar-refractivity contribution in [1.82, 2.24) is 5.32 Å². The first-order valence-electron chi connectivity index (χ1n) is 7.04. The lowest BCUT2D eigenvalue weighted by molar-refractivity contribution is -0.122. The van der Waals surface area contributed by atoms with Crippen LogP contribution in [0.25, 0.3) is 0 Å². The number of aryl methyl sites for hydroxylation is 2. The minimum absolute atomic E-state index is 0.00535. The first kappa shape index (κ1) is 15.7. The lowest BCUT2D eigenvalue weighted by Crippen LogP contribution is -2.41. The summed E-state index contributed by atoms with van der Waals surface area (Å²) in [7, 11) is 0. The molecule has 0 aromatic heterocycles. The zero-order valence-electron chi connectivity index (χ0n) is 12.1. The summed E-state index contributed by atoms with van der Waals surface area (Å²) >= 11 is 0. The van der Waals surface area contributed by atoms with E-state index in [0.29, 0.717) is 6.42 Å². The molecule has 0 saturated heterocycles. The summed E-state index contributed by atoms with van der Waals surface area (Å²) in [5.74, 6) is 0.255. The van der Waals surface area contributed by atoms with E-state index in [0.717, 1.165) is 12.8 Å². The van der Waals surface area contributed by atoms with Gasteiger partial charge in [0.05, 0.1) is 12.6 Å². The summed E-state index contributed by atoms with van der Waals surface area (Å²) < 4.78 is 0. The molecule has 1 aromatic rings. The molecule has 0 saturated carbocycles. The predicted octanol–water partition coefficient (Wildman–Crippen LogP) is 2.31. The summed E-state index contributed by atoms with van der Waals surface area (Å²) in [6.07, 6.45) is 2.24. The van der Waals surface area contributed by atoms with Crippen molar-refractivity contribution in [1.29, 1.82) is 0 Å². The summed E-state index contributed by atoms with van der Waals surface area (Å²) in [4.78, 5) is 11.8. The lowest BCUT2D eigenvalue weighted by atomic mass is 10.0. The quantitative estimate of drug-likeness (QED) is 0.793. The molecule has 3 heteroatoms. The zero-order chi connectivity index (χ0) is 14.3. The molecule has 1 atom stereocenters. The fourth-order valence-electron chi connectivity index (χ4n) is 1.90. The third-order valence-corrected chi connectivity index (χ3v) is 3.42. The number of rotatable bonds is 7. The highest BCUT2D eigenvalue weighted by Crippen LogP contribution is 2.08. The number of benzene rings is 1. The Hall–Kier alpha value is -1.35. The third kappa shape index (κ3) is 5.43. The standard InChI is InChI=1S/C16H25NO2/c1-4-13-5-7-14(8-6-13)9-10-16(19)17-15(11-18)12(2)3/h5-8,12,15,18H,4,9-11H2,1-3H3,(H,17,19). The average Bonchev–Trinajstić information content (AvgIpc) is 2.42. The van der Waals surface area contributed by atoms with Gasteiger partial charge in [-0.15, -0.1) is 0 Å². The van der Waals surface area contributed by atoms with Crippen molar-refractivity contribution in [2.75, 3.05) is 6.61 Å². The maximum Gasteiger partial charge on any atom is 0.220 e. The van der Waals surface area contributed by atoms with Crippen molar-refractivity contribution in [3.05, 3.63) is 35.4 Å². The van der Waals surface area contributed by atoms with Crippen LogP contribution in [0.2, 0.25) is 0 Å². The number of carbonyl (C=O) groups excluding carboxylic acids is 1. The van der Waals surface area contributed by atoms with Gasteiger partial charge >= 0.3 is 0 Å². The Morgan fingerprint density at radius 1 is 1.21 bits per heavy atom. The molecule has 0 aliphatic carbocycles. The predicted molar refractivity (Wildman–Crippen MR) is 78.0 cm³/mol. The minimum atomic E-state index is -0.144. The van der Waals surface area contributed by atoms with Gasteiger partial charge in [0.1, 0.15) is 0 Å². The largest absolute Gasteiger partial charge is 0.394 e. The molecule has 1 aromatic carbocycles. The topological polar surface area (TPSA) is 49.3 Å². The molecule has 0 radical (unpaired) electrons. The molecule has 1 rings (SSSR count). The number of aliphatic hydroxyl groups is 1. The summed E-state index contributed by atoms with van der Waals surface area (Å²) in [6.45, 7) is 6.10. The van der Waals surface area contributed by atoms with E-state index in [-0.39, 0.29) is 24.5 Å². The Kier molecular flexibility index (Phi) is 6.57. The van der Waals surface area contributed by atoms with Crippen LogP contribution in [-0.4, -0.2) is 23.7 Å². The van der Waals surface area contributed by atoms with Crippen molar-refractivity contribution < 1.29 is 9.90 Å². The smallest absolute Gasteiger partial charge is 0.220 e. The van der Waals surface area contributed by atoms with E-state index < -0.39 is 0 Å². The van der Waals surface area contributed by atoms with Gasteiger partial charge in [-0.25, -0.2) is 0 Å². The van der Waals surface area contributed by atoms with Crippen LogP contribution in [0, 0.1) is 5.92 Å². The summed E-state index contributed by atoms with van der Waals surface area (Å²) in [6, 6.07) is 8.24. The second-order valence-corrected chi connectivity index (χ2v) is 5.27. The SMILES string of the molecule is CCc1ccc(CCC(=O)NC(CO)C(C)C)cc1. The normalized spacial score (nSPS) is 12.5. The molecule has 2 N–H and O–H groups in total. The Bertz CT molecular complexity index is 384. The second kappa shape index (κ2) is 7.95. The molecule has 1 unspecified atom stereocenters. The van der Waals surface area contributed by atoms with Gasteiger partial charge in [0, 0.05) is 6.42 Å².